The van der Waals surface area contributed by atoms with Gasteiger partial charge in [-0.25, -0.2) is 0 Å². The molecular weight excluding hydrogens is 298 g/mol. The maximum Gasteiger partial charge on any atom is 0.253 e. The van der Waals surface area contributed by atoms with E-state index in [4.69, 9.17) is 11.6 Å². The molecular formula is C17H18ClN3O. The van der Waals surface area contributed by atoms with Gasteiger partial charge >= 0.3 is 0 Å². The second-order valence-electron chi connectivity index (χ2n) is 5.02. The minimum Gasteiger partial charge on any atom is -0.353 e. The largest absolute Gasteiger partial charge is 0.353 e. The summed E-state index contributed by atoms with van der Waals surface area (Å²) in [6.07, 6.45) is 4.80. The van der Waals surface area contributed by atoms with Gasteiger partial charge in [-0.3, -0.25) is 9.78 Å². The van der Waals surface area contributed by atoms with E-state index in [9.17, 15) is 4.79 Å². The molecule has 0 bridgehead atoms. The van der Waals surface area contributed by atoms with Gasteiger partial charge in [-0.15, -0.1) is 6.58 Å². The maximum atomic E-state index is 11.9. The van der Waals surface area contributed by atoms with E-state index >= 15 is 0 Å². The van der Waals surface area contributed by atoms with Crippen LogP contribution in [0.2, 0.25) is 5.02 Å². The monoisotopic (exact) mass is 315 g/mol. The number of carbonyl (C=O) groups is 1. The number of aromatic nitrogens is 1. The molecule has 0 aliphatic rings. The van der Waals surface area contributed by atoms with Gasteiger partial charge in [0.1, 0.15) is 0 Å². The number of benzene rings is 1. The lowest BCUT2D eigenvalue weighted by Gasteiger charge is -2.13. The number of rotatable bonds is 5. The molecule has 2 N–H and O–H groups in total. The summed E-state index contributed by atoms with van der Waals surface area (Å²) in [4.78, 5) is 16.0. The van der Waals surface area contributed by atoms with Gasteiger partial charge in [-0.2, -0.15) is 0 Å². The first-order valence-electron chi connectivity index (χ1n) is 6.89. The van der Waals surface area contributed by atoms with Crippen LogP contribution in [0.3, 0.4) is 0 Å². The Balaban J connectivity index is 2.24. The van der Waals surface area contributed by atoms with Crippen molar-refractivity contribution in [1.29, 1.82) is 0 Å². The van der Waals surface area contributed by atoms with Crippen LogP contribution in [-0.4, -0.2) is 17.4 Å². The molecule has 0 aliphatic heterocycles. The van der Waals surface area contributed by atoms with E-state index < -0.39 is 0 Å². The molecule has 4 nitrogen and oxygen atoms in total. The van der Waals surface area contributed by atoms with Crippen molar-refractivity contribution in [3.63, 3.8) is 0 Å². The molecule has 0 saturated heterocycles. The molecule has 1 heterocycles. The average molecular weight is 316 g/mol. The Morgan fingerprint density at radius 1 is 1.32 bits per heavy atom. The van der Waals surface area contributed by atoms with Crippen molar-refractivity contribution in [3.05, 3.63) is 65.0 Å². The molecule has 0 unspecified atom stereocenters. The summed E-state index contributed by atoms with van der Waals surface area (Å²) in [6, 6.07) is 5.67. The zero-order valence-electron chi connectivity index (χ0n) is 12.6. The van der Waals surface area contributed by atoms with Gasteiger partial charge in [-0.1, -0.05) is 23.7 Å². The first kappa shape index (κ1) is 16.0. The highest BCUT2D eigenvalue weighted by Crippen LogP contribution is 2.30. The topological polar surface area (TPSA) is 54.0 Å². The minimum absolute atomic E-state index is 0.192. The number of amides is 1. The molecule has 1 aromatic heterocycles. The number of hydrogen-bond donors (Lipinski definition) is 2. The van der Waals surface area contributed by atoms with Crippen molar-refractivity contribution in [2.24, 2.45) is 0 Å². The number of carbonyl (C=O) groups excluding carboxylic acids is 1. The van der Waals surface area contributed by atoms with Crippen LogP contribution in [-0.2, 0) is 0 Å². The predicted molar refractivity (Wildman–Crippen MR) is 91.0 cm³/mol. The zero-order chi connectivity index (χ0) is 16.1. The van der Waals surface area contributed by atoms with Gasteiger partial charge in [0.2, 0.25) is 0 Å². The van der Waals surface area contributed by atoms with Crippen molar-refractivity contribution in [3.8, 4) is 0 Å². The number of halogens is 1. The quantitative estimate of drug-likeness (QED) is 0.820. The van der Waals surface area contributed by atoms with Crippen LogP contribution in [0.25, 0.3) is 0 Å². The minimum atomic E-state index is -0.192. The molecule has 0 aliphatic carbocycles. The van der Waals surface area contributed by atoms with Gasteiger partial charge in [0.15, 0.2) is 0 Å². The third-order valence-electron chi connectivity index (χ3n) is 3.11. The molecule has 5 heteroatoms. The fourth-order valence-electron chi connectivity index (χ4n) is 2.12. The Morgan fingerprint density at radius 3 is 2.77 bits per heavy atom. The average Bonchev–Trinajstić information content (AvgIpc) is 2.48. The summed E-state index contributed by atoms with van der Waals surface area (Å²) in [5.41, 5.74) is 4.14. The lowest BCUT2D eigenvalue weighted by Crippen LogP contribution is -2.23. The number of hydrogen-bond acceptors (Lipinski definition) is 3. The van der Waals surface area contributed by atoms with Crippen LogP contribution in [0.15, 0.2) is 43.2 Å². The van der Waals surface area contributed by atoms with Crippen molar-refractivity contribution in [2.45, 2.75) is 13.8 Å². The van der Waals surface area contributed by atoms with Crippen molar-refractivity contribution < 1.29 is 4.79 Å². The summed E-state index contributed by atoms with van der Waals surface area (Å²) in [7, 11) is 0. The molecule has 22 heavy (non-hydrogen) atoms. The molecule has 2 rings (SSSR count). The molecule has 114 valence electrons. The molecule has 2 aromatic rings. The molecule has 0 atom stereocenters. The second kappa shape index (κ2) is 7.09. The summed E-state index contributed by atoms with van der Waals surface area (Å²) in [5, 5.41) is 6.58. The first-order chi connectivity index (χ1) is 10.5. The molecule has 0 radical (unpaired) electrons. The van der Waals surface area contributed by atoms with Crippen LogP contribution in [0.4, 0.5) is 11.4 Å². The van der Waals surface area contributed by atoms with Crippen LogP contribution in [0.1, 0.15) is 21.5 Å². The van der Waals surface area contributed by atoms with Gasteiger partial charge in [0.05, 0.1) is 28.2 Å². The highest BCUT2D eigenvalue weighted by atomic mass is 35.5. The number of anilines is 2. The summed E-state index contributed by atoms with van der Waals surface area (Å²) >= 11 is 6.28. The van der Waals surface area contributed by atoms with Gasteiger partial charge in [-0.05, 0) is 37.1 Å². The molecule has 0 saturated carbocycles. The van der Waals surface area contributed by atoms with E-state index in [2.05, 4.69) is 22.2 Å². The second-order valence-corrected chi connectivity index (χ2v) is 5.43. The number of nitrogens with one attached hydrogen (secondary N) is 2. The van der Waals surface area contributed by atoms with Crippen molar-refractivity contribution in [2.75, 3.05) is 11.9 Å². The number of aryl methyl sites for hydroxylation is 2. The van der Waals surface area contributed by atoms with Gasteiger partial charge < -0.3 is 10.6 Å². The fourth-order valence-corrected chi connectivity index (χ4v) is 2.49. The molecule has 0 spiro atoms. The third kappa shape index (κ3) is 3.86. The number of pyridine rings is 1. The van der Waals surface area contributed by atoms with E-state index in [1.165, 1.54) is 6.20 Å². The normalized spacial score (nSPS) is 10.1. The first-order valence-corrected chi connectivity index (χ1v) is 7.27. The van der Waals surface area contributed by atoms with Crippen molar-refractivity contribution in [1.82, 2.24) is 10.3 Å². The Bertz CT molecular complexity index is 690. The van der Waals surface area contributed by atoms with Gasteiger partial charge in [0, 0.05) is 12.7 Å². The van der Waals surface area contributed by atoms with Crippen molar-refractivity contribution >= 4 is 28.9 Å². The Hall–Kier alpha value is -2.33. The van der Waals surface area contributed by atoms with Crippen LogP contribution < -0.4 is 10.6 Å². The lowest BCUT2D eigenvalue weighted by molar-refractivity contribution is 0.0957. The van der Waals surface area contributed by atoms with Crippen LogP contribution in [0.5, 0.6) is 0 Å². The van der Waals surface area contributed by atoms with E-state index in [0.717, 1.165) is 16.8 Å². The smallest absolute Gasteiger partial charge is 0.253 e. The standard InChI is InChI=1S/C17H18ClN3O/c1-4-5-20-17(22)13-8-14(10-19-9-13)21-16-12(3)6-11(2)7-15(16)18/h4,6-10,21H,1,5H2,2-3H3,(H,20,22). The SMILES string of the molecule is C=CCNC(=O)c1cncc(Nc2c(C)cc(C)cc2Cl)c1. The highest BCUT2D eigenvalue weighted by molar-refractivity contribution is 6.33. The molecule has 0 fully saturated rings. The van der Waals surface area contributed by atoms with Gasteiger partial charge in [0.25, 0.3) is 5.91 Å². The fraction of sp³-hybridized carbons (Fsp3) is 0.176. The Morgan fingerprint density at radius 2 is 2.09 bits per heavy atom. The lowest BCUT2D eigenvalue weighted by atomic mass is 10.1. The van der Waals surface area contributed by atoms with E-state index in [1.54, 1.807) is 18.3 Å². The highest BCUT2D eigenvalue weighted by Gasteiger charge is 2.09. The Kier molecular flexibility index (Phi) is 5.17. The Labute approximate surface area is 135 Å². The molecule has 1 aromatic carbocycles. The van der Waals surface area contributed by atoms with E-state index in [-0.39, 0.29) is 5.91 Å². The van der Waals surface area contributed by atoms with Crippen LogP contribution >= 0.6 is 11.6 Å². The van der Waals surface area contributed by atoms with Crippen LogP contribution in [0, 0.1) is 13.8 Å². The van der Waals surface area contributed by atoms with E-state index in [1.807, 2.05) is 26.0 Å². The molecule has 1 amide bonds. The summed E-state index contributed by atoms with van der Waals surface area (Å²) < 4.78 is 0. The maximum absolute atomic E-state index is 11.9. The summed E-state index contributed by atoms with van der Waals surface area (Å²) in [6.45, 7) is 7.96. The zero-order valence-corrected chi connectivity index (χ0v) is 13.4. The number of nitrogens with zero attached hydrogens (tertiary/aromatic N) is 1. The predicted octanol–water partition coefficient (Wildman–Crippen LogP) is 4.01. The third-order valence-corrected chi connectivity index (χ3v) is 3.41. The van der Waals surface area contributed by atoms with E-state index in [0.29, 0.717) is 22.8 Å². The summed E-state index contributed by atoms with van der Waals surface area (Å²) in [5.74, 6) is -0.192.